The molecule has 1 heterocycles. The molecule has 4 heteroatoms. The van der Waals surface area contributed by atoms with Crippen LogP contribution in [0.25, 0.3) is 0 Å². The molecular formula is C21H26O3Si. The van der Waals surface area contributed by atoms with Crippen LogP contribution in [0.2, 0.25) is 5.04 Å². The second-order valence-electron chi connectivity index (χ2n) is 7.80. The summed E-state index contributed by atoms with van der Waals surface area (Å²) in [5.74, 6) is -0.206. The van der Waals surface area contributed by atoms with E-state index in [2.05, 4.69) is 45.0 Å². The number of cyclic esters (lactones) is 1. The van der Waals surface area contributed by atoms with Gasteiger partial charge in [-0.25, -0.2) is 0 Å². The summed E-state index contributed by atoms with van der Waals surface area (Å²) in [6, 6.07) is 20.6. The molecule has 3 nitrogen and oxygen atoms in total. The van der Waals surface area contributed by atoms with Crippen LogP contribution in [0.1, 0.15) is 33.6 Å². The molecule has 1 unspecified atom stereocenters. The van der Waals surface area contributed by atoms with Crippen molar-refractivity contribution in [2.24, 2.45) is 0 Å². The van der Waals surface area contributed by atoms with Crippen LogP contribution in [0, 0.1) is 0 Å². The van der Waals surface area contributed by atoms with E-state index in [1.54, 1.807) is 0 Å². The predicted molar refractivity (Wildman–Crippen MR) is 103 cm³/mol. The van der Waals surface area contributed by atoms with Crippen molar-refractivity contribution in [2.45, 2.75) is 50.5 Å². The fourth-order valence-corrected chi connectivity index (χ4v) is 10.1. The molecule has 0 aromatic heterocycles. The van der Waals surface area contributed by atoms with Crippen LogP contribution < -0.4 is 10.4 Å². The standard InChI is InChI=1S/C21H26O3Si/c1-21(2,3)25(16-10-6-4-7-11-16,17-12-8-5-9-13-17)20(23)18-14-15-19(22)24-18/h4-13,18,20,23H,14-15H2,1-3H3/t18-,20?/m0/s1. The largest absolute Gasteiger partial charge is 0.460 e. The Kier molecular flexibility index (Phi) is 4.85. The molecule has 0 aliphatic carbocycles. The van der Waals surface area contributed by atoms with Crippen LogP contribution in [0.4, 0.5) is 0 Å². The molecule has 2 aromatic rings. The normalized spacial score (nSPS) is 19.5. The van der Waals surface area contributed by atoms with Crippen LogP contribution in [-0.4, -0.2) is 31.0 Å². The first-order valence-electron chi connectivity index (χ1n) is 8.86. The van der Waals surface area contributed by atoms with Crippen molar-refractivity contribution in [1.29, 1.82) is 0 Å². The Bertz CT molecular complexity index is 682. The summed E-state index contributed by atoms with van der Waals surface area (Å²) >= 11 is 0. The first-order valence-corrected chi connectivity index (χ1v) is 10.9. The number of aliphatic hydroxyl groups excluding tert-OH is 1. The third-order valence-corrected chi connectivity index (χ3v) is 11.5. The summed E-state index contributed by atoms with van der Waals surface area (Å²) in [7, 11) is -2.67. The summed E-state index contributed by atoms with van der Waals surface area (Å²) in [5, 5.41) is 13.8. The minimum absolute atomic E-state index is 0.163. The van der Waals surface area contributed by atoms with Crippen LogP contribution in [0.5, 0.6) is 0 Å². The SMILES string of the molecule is CC(C)(C)[Si](c1ccccc1)(c1ccccc1)C(O)[C@@H]1CCC(=O)O1. The van der Waals surface area contributed by atoms with E-state index in [1.807, 2.05) is 36.4 Å². The first kappa shape index (κ1) is 17.9. The van der Waals surface area contributed by atoms with Gasteiger partial charge in [0.2, 0.25) is 0 Å². The fraction of sp³-hybridized carbons (Fsp3) is 0.381. The van der Waals surface area contributed by atoms with Crippen LogP contribution in [-0.2, 0) is 9.53 Å². The Morgan fingerprint density at radius 2 is 1.48 bits per heavy atom. The van der Waals surface area contributed by atoms with Gasteiger partial charge in [0.25, 0.3) is 0 Å². The number of ether oxygens (including phenoxy) is 1. The molecule has 1 aliphatic heterocycles. The third kappa shape index (κ3) is 3.05. The van der Waals surface area contributed by atoms with Gasteiger partial charge in [-0.2, -0.15) is 0 Å². The van der Waals surface area contributed by atoms with E-state index >= 15 is 0 Å². The van der Waals surface area contributed by atoms with Gasteiger partial charge in [0.05, 0.1) is 5.73 Å². The summed E-state index contributed by atoms with van der Waals surface area (Å²) < 4.78 is 5.51. The minimum atomic E-state index is -2.67. The van der Waals surface area contributed by atoms with Crippen molar-refractivity contribution in [1.82, 2.24) is 0 Å². The van der Waals surface area contributed by atoms with Crippen molar-refractivity contribution < 1.29 is 14.6 Å². The van der Waals surface area contributed by atoms with Crippen molar-refractivity contribution in [3.8, 4) is 0 Å². The number of hydrogen-bond donors (Lipinski definition) is 1. The monoisotopic (exact) mass is 354 g/mol. The van der Waals surface area contributed by atoms with Gasteiger partial charge in [0.15, 0.2) is 8.07 Å². The van der Waals surface area contributed by atoms with Gasteiger partial charge in [-0.05, 0) is 11.5 Å². The Labute approximate surface area is 150 Å². The highest BCUT2D eigenvalue weighted by molar-refractivity contribution is 7.05. The first-order chi connectivity index (χ1) is 11.9. The molecule has 0 radical (unpaired) electrons. The van der Waals surface area contributed by atoms with Gasteiger partial charge in [-0.3, -0.25) is 4.79 Å². The lowest BCUT2D eigenvalue weighted by molar-refractivity contribution is -0.143. The zero-order valence-corrected chi connectivity index (χ0v) is 16.1. The zero-order chi connectivity index (χ0) is 18.1. The Morgan fingerprint density at radius 1 is 1.00 bits per heavy atom. The Morgan fingerprint density at radius 3 is 1.84 bits per heavy atom. The smallest absolute Gasteiger partial charge is 0.306 e. The van der Waals surface area contributed by atoms with E-state index in [9.17, 15) is 9.90 Å². The highest BCUT2D eigenvalue weighted by Crippen LogP contribution is 2.40. The summed E-state index contributed by atoms with van der Waals surface area (Å²) in [5.41, 5.74) is -0.691. The Hall–Kier alpha value is -1.91. The molecular weight excluding hydrogens is 328 g/mol. The highest BCUT2D eigenvalue weighted by atomic mass is 28.3. The second kappa shape index (κ2) is 6.77. The lowest BCUT2D eigenvalue weighted by atomic mass is 10.2. The lowest BCUT2D eigenvalue weighted by Gasteiger charge is -2.48. The van der Waals surface area contributed by atoms with Crippen molar-refractivity contribution in [3.05, 3.63) is 60.7 Å². The molecule has 132 valence electrons. The maximum absolute atomic E-state index is 11.7. The molecule has 0 saturated carbocycles. The molecule has 1 N–H and O–H groups in total. The second-order valence-corrected chi connectivity index (χ2v) is 12.7. The topological polar surface area (TPSA) is 46.5 Å². The van der Waals surface area contributed by atoms with Crippen molar-refractivity contribution >= 4 is 24.4 Å². The predicted octanol–water partition coefficient (Wildman–Crippen LogP) is 2.66. The molecule has 0 bridgehead atoms. The number of hydrogen-bond acceptors (Lipinski definition) is 3. The van der Waals surface area contributed by atoms with Gasteiger partial charge in [0.1, 0.15) is 6.10 Å². The third-order valence-electron chi connectivity index (χ3n) is 5.35. The lowest BCUT2D eigenvalue weighted by Crippen LogP contribution is -2.74. The quantitative estimate of drug-likeness (QED) is 0.678. The molecule has 25 heavy (non-hydrogen) atoms. The van der Waals surface area contributed by atoms with Crippen LogP contribution in [0.15, 0.2) is 60.7 Å². The molecule has 2 aromatic carbocycles. The van der Waals surface area contributed by atoms with E-state index in [0.717, 1.165) is 0 Å². The molecule has 1 saturated heterocycles. The van der Waals surface area contributed by atoms with Crippen LogP contribution >= 0.6 is 0 Å². The van der Waals surface area contributed by atoms with E-state index in [-0.39, 0.29) is 11.0 Å². The molecule has 3 rings (SSSR count). The van der Waals surface area contributed by atoms with Gasteiger partial charge in [0, 0.05) is 6.42 Å². The summed E-state index contributed by atoms with van der Waals surface area (Å²) in [6.45, 7) is 6.58. The minimum Gasteiger partial charge on any atom is -0.460 e. The van der Waals surface area contributed by atoms with Gasteiger partial charge >= 0.3 is 5.97 Å². The number of benzene rings is 2. The molecule has 1 fully saturated rings. The van der Waals surface area contributed by atoms with Gasteiger partial charge in [-0.1, -0.05) is 91.8 Å². The van der Waals surface area contributed by atoms with Crippen LogP contribution in [0.3, 0.4) is 0 Å². The number of rotatable bonds is 4. The van der Waals surface area contributed by atoms with E-state index in [4.69, 9.17) is 4.74 Å². The maximum atomic E-state index is 11.7. The maximum Gasteiger partial charge on any atom is 0.306 e. The number of carbonyl (C=O) groups is 1. The highest BCUT2D eigenvalue weighted by Gasteiger charge is 2.56. The molecule has 0 spiro atoms. The molecule has 0 amide bonds. The van der Waals surface area contributed by atoms with E-state index in [1.165, 1.54) is 10.4 Å². The van der Waals surface area contributed by atoms with E-state index < -0.39 is 19.9 Å². The van der Waals surface area contributed by atoms with Crippen molar-refractivity contribution in [3.63, 3.8) is 0 Å². The van der Waals surface area contributed by atoms with Gasteiger partial charge < -0.3 is 9.84 Å². The van der Waals surface area contributed by atoms with Crippen molar-refractivity contribution in [2.75, 3.05) is 0 Å². The van der Waals surface area contributed by atoms with E-state index in [0.29, 0.717) is 12.8 Å². The number of carbonyl (C=O) groups excluding carboxylic acids is 1. The summed E-state index contributed by atoms with van der Waals surface area (Å²) in [4.78, 5) is 11.7. The zero-order valence-electron chi connectivity index (χ0n) is 15.1. The molecule has 1 aliphatic rings. The summed E-state index contributed by atoms with van der Waals surface area (Å²) in [6.07, 6.45) is 0.545. The number of aliphatic hydroxyl groups is 1. The average molecular weight is 355 g/mol. The average Bonchev–Trinajstić information content (AvgIpc) is 3.02. The Balaban J connectivity index is 2.24. The molecule has 2 atom stereocenters. The number of esters is 1. The fourth-order valence-electron chi connectivity index (χ4n) is 4.27. The van der Waals surface area contributed by atoms with Gasteiger partial charge in [-0.15, -0.1) is 0 Å².